The molecule has 0 aliphatic heterocycles. The van der Waals surface area contributed by atoms with E-state index in [0.717, 1.165) is 24.0 Å². The van der Waals surface area contributed by atoms with Gasteiger partial charge in [-0.15, -0.1) is 0 Å². The van der Waals surface area contributed by atoms with Crippen LogP contribution in [0.1, 0.15) is 55.5 Å². The molecule has 4 aromatic rings. The number of hydrogen-bond acceptors (Lipinski definition) is 4. The molecule has 1 fully saturated rings. The predicted octanol–water partition coefficient (Wildman–Crippen LogP) is 7.12. The summed E-state index contributed by atoms with van der Waals surface area (Å²) in [6, 6.07) is 19.0. The van der Waals surface area contributed by atoms with Gasteiger partial charge in [0.25, 0.3) is 0 Å². The average molecular weight is 481 g/mol. The summed E-state index contributed by atoms with van der Waals surface area (Å²) >= 11 is 12.2. The Morgan fingerprint density at radius 3 is 2.55 bits per heavy atom. The summed E-state index contributed by atoms with van der Waals surface area (Å²) in [4.78, 5) is 8.75. The zero-order chi connectivity index (χ0) is 22.7. The maximum Gasteiger partial charge on any atom is 0.226 e. The highest BCUT2D eigenvalue weighted by molar-refractivity contribution is 6.40. The van der Waals surface area contributed by atoms with Crippen LogP contribution in [0.25, 0.3) is 11.4 Å². The van der Waals surface area contributed by atoms with Gasteiger partial charge in [-0.2, -0.15) is 4.98 Å². The third kappa shape index (κ3) is 4.85. The first-order valence-corrected chi connectivity index (χ1v) is 12.2. The van der Waals surface area contributed by atoms with Crippen molar-refractivity contribution in [3.8, 4) is 11.4 Å². The highest BCUT2D eigenvalue weighted by atomic mass is 35.5. The Balaban J connectivity index is 1.31. The van der Waals surface area contributed by atoms with Crippen molar-refractivity contribution in [2.24, 2.45) is 0 Å². The van der Waals surface area contributed by atoms with Gasteiger partial charge in [0.05, 0.1) is 6.33 Å². The Bertz CT molecular complexity index is 1210. The topological polar surface area (TPSA) is 56.7 Å². The molecular formula is C26H26Cl2N4O. The zero-order valence-corrected chi connectivity index (χ0v) is 19.9. The van der Waals surface area contributed by atoms with E-state index in [0.29, 0.717) is 28.6 Å². The fourth-order valence-electron chi connectivity index (χ4n) is 4.98. The molecule has 0 N–H and O–H groups in total. The number of nitrogens with zero attached hydrogens (tertiary/aromatic N) is 4. The van der Waals surface area contributed by atoms with Gasteiger partial charge < -0.3 is 9.09 Å². The summed E-state index contributed by atoms with van der Waals surface area (Å²) in [5, 5.41) is 5.00. The van der Waals surface area contributed by atoms with E-state index in [9.17, 15) is 0 Å². The molecule has 5 rings (SSSR count). The lowest BCUT2D eigenvalue weighted by molar-refractivity contribution is 0.261. The molecule has 0 spiro atoms. The number of rotatable bonds is 7. The summed E-state index contributed by atoms with van der Waals surface area (Å²) in [7, 11) is 0. The van der Waals surface area contributed by atoms with Gasteiger partial charge in [-0.05, 0) is 41.9 Å². The van der Waals surface area contributed by atoms with Gasteiger partial charge in [0, 0.05) is 18.5 Å². The first kappa shape index (κ1) is 22.2. The highest BCUT2D eigenvalue weighted by Crippen LogP contribution is 2.42. The molecule has 0 atom stereocenters. The molecule has 1 saturated carbocycles. The first-order valence-electron chi connectivity index (χ1n) is 11.5. The van der Waals surface area contributed by atoms with Crippen LogP contribution in [0.15, 0.2) is 65.4 Å². The molecule has 170 valence electrons. The van der Waals surface area contributed by atoms with Gasteiger partial charge in [0.15, 0.2) is 5.15 Å². The van der Waals surface area contributed by atoms with Gasteiger partial charge in [0.1, 0.15) is 5.15 Å². The molecule has 0 unspecified atom stereocenters. The van der Waals surface area contributed by atoms with Gasteiger partial charge in [-0.3, -0.25) is 0 Å². The van der Waals surface area contributed by atoms with Crippen LogP contribution in [-0.2, 0) is 18.4 Å². The second-order valence-electron chi connectivity index (χ2n) is 8.87. The molecule has 1 aliphatic carbocycles. The van der Waals surface area contributed by atoms with E-state index in [1.807, 2.05) is 24.3 Å². The fraction of sp³-hybridized carbons (Fsp3) is 0.346. The highest BCUT2D eigenvalue weighted by Gasteiger charge is 2.34. The van der Waals surface area contributed by atoms with Crippen LogP contribution < -0.4 is 0 Å². The average Bonchev–Trinajstić information content (AvgIpc) is 3.47. The zero-order valence-electron chi connectivity index (χ0n) is 18.4. The number of aryl methyl sites for hydroxylation is 1. The molecule has 1 aliphatic rings. The molecule has 2 aromatic carbocycles. The minimum Gasteiger partial charge on any atom is -0.339 e. The smallest absolute Gasteiger partial charge is 0.226 e. The molecule has 0 saturated heterocycles. The molecule has 0 bridgehead atoms. The summed E-state index contributed by atoms with van der Waals surface area (Å²) in [6.07, 6.45) is 9.78. The van der Waals surface area contributed by atoms with Crippen LogP contribution in [0, 0.1) is 0 Å². The second kappa shape index (κ2) is 9.70. The Hall–Kier alpha value is -2.63. The van der Waals surface area contributed by atoms with Crippen molar-refractivity contribution in [2.45, 2.75) is 56.9 Å². The Kier molecular flexibility index (Phi) is 6.52. The summed E-state index contributed by atoms with van der Waals surface area (Å²) < 4.78 is 7.46. The van der Waals surface area contributed by atoms with Crippen molar-refractivity contribution in [1.82, 2.24) is 19.7 Å². The number of hydrogen-bond donors (Lipinski definition) is 0. The molecule has 2 aromatic heterocycles. The Morgan fingerprint density at radius 2 is 1.79 bits per heavy atom. The molecule has 33 heavy (non-hydrogen) atoms. The molecule has 0 radical (unpaired) electrons. The van der Waals surface area contributed by atoms with Gasteiger partial charge in [-0.1, -0.05) is 96.2 Å². The fourth-order valence-corrected chi connectivity index (χ4v) is 5.29. The van der Waals surface area contributed by atoms with Gasteiger partial charge in [-0.25, -0.2) is 4.98 Å². The lowest BCUT2D eigenvalue weighted by Gasteiger charge is -2.38. The van der Waals surface area contributed by atoms with Crippen LogP contribution in [0.5, 0.6) is 0 Å². The van der Waals surface area contributed by atoms with Crippen molar-refractivity contribution in [2.75, 3.05) is 0 Å². The lowest BCUT2D eigenvalue weighted by Crippen LogP contribution is -2.29. The van der Waals surface area contributed by atoms with Crippen molar-refractivity contribution in [1.29, 1.82) is 0 Å². The predicted molar refractivity (Wildman–Crippen MR) is 131 cm³/mol. The van der Waals surface area contributed by atoms with E-state index in [4.69, 9.17) is 32.7 Å². The monoisotopic (exact) mass is 480 g/mol. The first-order chi connectivity index (χ1) is 16.1. The molecule has 7 heteroatoms. The van der Waals surface area contributed by atoms with Crippen molar-refractivity contribution >= 4 is 23.2 Å². The Morgan fingerprint density at radius 1 is 0.970 bits per heavy atom. The molecule has 5 nitrogen and oxygen atoms in total. The Labute approximate surface area is 203 Å². The van der Waals surface area contributed by atoms with Crippen molar-refractivity contribution in [3.63, 3.8) is 0 Å². The maximum absolute atomic E-state index is 6.20. The van der Waals surface area contributed by atoms with Crippen molar-refractivity contribution in [3.05, 3.63) is 88.2 Å². The van der Waals surface area contributed by atoms with E-state index in [1.165, 1.54) is 37.7 Å². The summed E-state index contributed by atoms with van der Waals surface area (Å²) in [6.45, 7) is 0.566. The van der Waals surface area contributed by atoms with Crippen LogP contribution in [-0.4, -0.2) is 19.7 Å². The lowest BCUT2D eigenvalue weighted by atomic mass is 9.67. The van der Waals surface area contributed by atoms with Crippen LogP contribution in [0.3, 0.4) is 0 Å². The SMILES string of the molecule is Clc1ncn(Cc2cccc(-c3noc(CCC4(c5ccccc5)CCCCC4)n3)c2)c1Cl. The van der Waals surface area contributed by atoms with Gasteiger partial charge >= 0.3 is 0 Å². The van der Waals surface area contributed by atoms with Crippen molar-refractivity contribution < 1.29 is 4.52 Å². The van der Waals surface area contributed by atoms with Crippen LogP contribution in [0.4, 0.5) is 0 Å². The van der Waals surface area contributed by atoms with E-state index >= 15 is 0 Å². The number of halogens is 2. The molecule has 2 heterocycles. The van der Waals surface area contributed by atoms with Gasteiger partial charge in [0.2, 0.25) is 11.7 Å². The van der Waals surface area contributed by atoms with E-state index in [-0.39, 0.29) is 5.41 Å². The quantitative estimate of drug-likeness (QED) is 0.282. The molecular weight excluding hydrogens is 455 g/mol. The second-order valence-corrected chi connectivity index (χ2v) is 9.59. The largest absolute Gasteiger partial charge is 0.339 e. The van der Waals surface area contributed by atoms with E-state index in [2.05, 4.69) is 40.5 Å². The maximum atomic E-state index is 6.20. The minimum absolute atomic E-state index is 0.208. The van der Waals surface area contributed by atoms with Crippen LogP contribution >= 0.6 is 23.2 Å². The molecule has 0 amide bonds. The minimum atomic E-state index is 0.208. The van der Waals surface area contributed by atoms with Crippen LogP contribution in [0.2, 0.25) is 10.3 Å². The third-order valence-corrected chi connectivity index (χ3v) is 7.52. The van der Waals surface area contributed by atoms with E-state index < -0.39 is 0 Å². The normalized spacial score (nSPS) is 15.6. The summed E-state index contributed by atoms with van der Waals surface area (Å²) in [5.74, 6) is 1.31. The standard InChI is InChI=1S/C26H26Cl2N4O/c27-23-24(28)32(18-29-23)17-19-8-7-9-20(16-19)25-30-22(33-31-25)12-15-26(13-5-2-6-14-26)21-10-3-1-4-11-21/h1,3-4,7-11,16,18H,2,5-6,12-15,17H2. The number of aromatic nitrogens is 4. The number of benzene rings is 2. The third-order valence-electron chi connectivity index (χ3n) is 6.75. The summed E-state index contributed by atoms with van der Waals surface area (Å²) in [5.41, 5.74) is 3.62. The number of imidazole rings is 1. The van der Waals surface area contributed by atoms with E-state index in [1.54, 1.807) is 10.9 Å².